The van der Waals surface area contributed by atoms with Crippen molar-refractivity contribution in [3.63, 3.8) is 0 Å². The van der Waals surface area contributed by atoms with Crippen LogP contribution in [-0.2, 0) is 17.8 Å². The van der Waals surface area contributed by atoms with Gasteiger partial charge in [0.25, 0.3) is 5.91 Å². The van der Waals surface area contributed by atoms with Crippen LogP contribution in [0.3, 0.4) is 0 Å². The number of hydrogen-bond donors (Lipinski definition) is 0. The molecule has 3 rings (SSSR count). The molecule has 1 heterocycles. The Morgan fingerprint density at radius 2 is 1.72 bits per heavy atom. The fourth-order valence-corrected chi connectivity index (χ4v) is 3.76. The zero-order valence-corrected chi connectivity index (χ0v) is 20.8. The molecule has 0 radical (unpaired) electrons. The van der Waals surface area contributed by atoms with E-state index in [1.165, 1.54) is 29.2 Å². The summed E-state index contributed by atoms with van der Waals surface area (Å²) in [5.41, 5.74) is 1.26. The molecular weight excluding hydrogens is 463 g/mol. The molecule has 0 aliphatic carbocycles. The summed E-state index contributed by atoms with van der Waals surface area (Å²) in [5, 5.41) is 0. The highest BCUT2D eigenvalue weighted by Crippen LogP contribution is 2.28. The smallest absolute Gasteiger partial charge is 0.254 e. The maximum atomic E-state index is 13.4. The maximum Gasteiger partial charge on any atom is 0.254 e. The number of ether oxygens (including phenoxy) is 2. The van der Waals surface area contributed by atoms with Crippen LogP contribution in [0.25, 0.3) is 0 Å². The van der Waals surface area contributed by atoms with Gasteiger partial charge in [0.15, 0.2) is 11.5 Å². The van der Waals surface area contributed by atoms with E-state index in [4.69, 9.17) is 13.9 Å². The lowest BCUT2D eigenvalue weighted by molar-refractivity contribution is -0.132. The molecule has 0 bridgehead atoms. The Balaban J connectivity index is 1.78. The van der Waals surface area contributed by atoms with E-state index in [0.717, 1.165) is 11.3 Å². The number of carbonyl (C=O) groups excluding carboxylic acids is 2. The van der Waals surface area contributed by atoms with Gasteiger partial charge in [0.1, 0.15) is 23.9 Å². The summed E-state index contributed by atoms with van der Waals surface area (Å²) >= 11 is 0. The molecule has 190 valence electrons. The summed E-state index contributed by atoms with van der Waals surface area (Å²) in [4.78, 5) is 29.5. The number of hydrogen-bond acceptors (Lipinski definition) is 5. The Labute approximate surface area is 210 Å². The largest absolute Gasteiger partial charge is 0.493 e. The molecule has 36 heavy (non-hydrogen) atoms. The van der Waals surface area contributed by atoms with Gasteiger partial charge < -0.3 is 23.7 Å². The molecule has 2 aromatic carbocycles. The summed E-state index contributed by atoms with van der Waals surface area (Å²) < 4.78 is 29.7. The molecule has 0 aliphatic heterocycles. The summed E-state index contributed by atoms with van der Waals surface area (Å²) in [6, 6.07) is 14.5. The van der Waals surface area contributed by atoms with Crippen molar-refractivity contribution in [1.82, 2.24) is 9.80 Å². The second-order valence-electron chi connectivity index (χ2n) is 8.25. The van der Waals surface area contributed by atoms with Crippen molar-refractivity contribution in [1.29, 1.82) is 0 Å². The van der Waals surface area contributed by atoms with Gasteiger partial charge in [0, 0.05) is 18.7 Å². The second-order valence-corrected chi connectivity index (χ2v) is 8.25. The number of nitrogens with zero attached hydrogens (tertiary/aromatic N) is 2. The fourth-order valence-electron chi connectivity index (χ4n) is 3.76. The van der Waals surface area contributed by atoms with E-state index >= 15 is 0 Å². The molecule has 0 spiro atoms. The molecule has 3 aromatic rings. The van der Waals surface area contributed by atoms with Crippen LogP contribution < -0.4 is 9.47 Å². The van der Waals surface area contributed by atoms with Gasteiger partial charge in [-0.25, -0.2) is 4.39 Å². The molecule has 0 N–H and O–H groups in total. The van der Waals surface area contributed by atoms with Gasteiger partial charge in [-0.3, -0.25) is 9.59 Å². The summed E-state index contributed by atoms with van der Waals surface area (Å²) in [6.07, 6.45) is 2.11. The van der Waals surface area contributed by atoms with Crippen LogP contribution in [0.5, 0.6) is 11.5 Å². The summed E-state index contributed by atoms with van der Waals surface area (Å²) in [6.45, 7) is 6.20. The lowest BCUT2D eigenvalue weighted by atomic mass is 10.1. The van der Waals surface area contributed by atoms with Crippen LogP contribution in [0.15, 0.2) is 71.7 Å². The minimum absolute atomic E-state index is 0.159. The van der Waals surface area contributed by atoms with Gasteiger partial charge >= 0.3 is 0 Å². The zero-order chi connectivity index (χ0) is 26.1. The first-order valence-electron chi connectivity index (χ1n) is 11.5. The van der Waals surface area contributed by atoms with Crippen LogP contribution in [0.4, 0.5) is 4.39 Å². The van der Waals surface area contributed by atoms with Crippen LogP contribution in [0.2, 0.25) is 0 Å². The molecule has 0 saturated carbocycles. The monoisotopic (exact) mass is 494 g/mol. The number of carbonyl (C=O) groups is 2. The third-order valence-electron chi connectivity index (χ3n) is 5.67. The van der Waals surface area contributed by atoms with E-state index in [1.807, 2.05) is 37.3 Å². The summed E-state index contributed by atoms with van der Waals surface area (Å²) in [5.74, 6) is 1.56. The van der Waals surface area contributed by atoms with Gasteiger partial charge in [-0.15, -0.1) is 6.58 Å². The van der Waals surface area contributed by atoms with E-state index < -0.39 is 5.82 Å². The normalized spacial score (nSPS) is 10.6. The van der Waals surface area contributed by atoms with Gasteiger partial charge in [0.05, 0.1) is 20.8 Å². The molecule has 0 fully saturated rings. The van der Waals surface area contributed by atoms with Gasteiger partial charge in [0.2, 0.25) is 5.91 Å². The molecular formula is C28H31FN2O5. The third kappa shape index (κ3) is 6.97. The van der Waals surface area contributed by atoms with Crippen LogP contribution in [0, 0.1) is 12.7 Å². The highest BCUT2D eigenvalue weighted by Gasteiger charge is 2.23. The van der Waals surface area contributed by atoms with Gasteiger partial charge in [-0.1, -0.05) is 12.1 Å². The van der Waals surface area contributed by atoms with Crippen LogP contribution in [-0.4, -0.2) is 55.5 Å². The number of rotatable bonds is 12. The quantitative estimate of drug-likeness (QED) is 0.343. The molecule has 1 aromatic heterocycles. The van der Waals surface area contributed by atoms with Crippen molar-refractivity contribution in [3.8, 4) is 11.5 Å². The number of furan rings is 1. The van der Waals surface area contributed by atoms with Crippen molar-refractivity contribution in [2.75, 3.05) is 33.9 Å². The average molecular weight is 495 g/mol. The maximum absolute atomic E-state index is 13.4. The predicted molar refractivity (Wildman–Crippen MR) is 135 cm³/mol. The van der Waals surface area contributed by atoms with E-state index in [0.29, 0.717) is 35.8 Å². The van der Waals surface area contributed by atoms with Crippen molar-refractivity contribution in [2.45, 2.75) is 19.9 Å². The third-order valence-corrected chi connectivity index (χ3v) is 5.67. The highest BCUT2D eigenvalue weighted by atomic mass is 19.1. The van der Waals surface area contributed by atoms with E-state index in [2.05, 4.69) is 6.58 Å². The van der Waals surface area contributed by atoms with Gasteiger partial charge in [-0.05, 0) is 67.4 Å². The van der Waals surface area contributed by atoms with E-state index in [1.54, 1.807) is 25.2 Å². The number of amides is 2. The average Bonchev–Trinajstić information content (AvgIpc) is 3.30. The number of halogens is 1. The highest BCUT2D eigenvalue weighted by molar-refractivity contribution is 5.96. The molecule has 7 nitrogen and oxygen atoms in total. The predicted octanol–water partition coefficient (Wildman–Crippen LogP) is 4.64. The number of benzene rings is 2. The molecule has 0 unspecified atom stereocenters. The molecule has 0 aliphatic rings. The Bertz CT molecular complexity index is 1190. The SMILES string of the molecule is C=CCN(CC(=O)N(CCc1ccc(OC)c(OC)c1)Cc1ccc(C)o1)C(=O)c1ccc(F)cc1. The fraction of sp³-hybridized carbons (Fsp3) is 0.286. The lowest BCUT2D eigenvalue weighted by Crippen LogP contribution is -2.43. The first kappa shape index (κ1) is 26.5. The zero-order valence-electron chi connectivity index (χ0n) is 20.8. The minimum atomic E-state index is -0.437. The van der Waals surface area contributed by atoms with Crippen molar-refractivity contribution in [2.24, 2.45) is 0 Å². The molecule has 0 saturated heterocycles. The second kappa shape index (κ2) is 12.6. The van der Waals surface area contributed by atoms with E-state index in [-0.39, 0.29) is 31.4 Å². The Morgan fingerprint density at radius 1 is 1.00 bits per heavy atom. The number of methoxy groups -OCH3 is 2. The van der Waals surface area contributed by atoms with Crippen LogP contribution in [0.1, 0.15) is 27.4 Å². The minimum Gasteiger partial charge on any atom is -0.493 e. The lowest BCUT2D eigenvalue weighted by Gasteiger charge is -2.27. The molecule has 2 amide bonds. The topological polar surface area (TPSA) is 72.2 Å². The Hall–Kier alpha value is -4.07. The van der Waals surface area contributed by atoms with Gasteiger partial charge in [-0.2, -0.15) is 0 Å². The van der Waals surface area contributed by atoms with Crippen molar-refractivity contribution >= 4 is 11.8 Å². The standard InChI is InChI=1S/C28H31FN2O5/c1-5-15-31(28(33)22-8-10-23(29)11-9-22)19-27(32)30(18-24-12-6-20(2)36-24)16-14-21-7-13-25(34-3)26(17-21)35-4/h5-13,17H,1,14-16,18-19H2,2-4H3. The number of aryl methyl sites for hydroxylation is 1. The van der Waals surface area contributed by atoms with Crippen LogP contribution >= 0.6 is 0 Å². The van der Waals surface area contributed by atoms with Crippen molar-refractivity contribution < 1.29 is 27.9 Å². The van der Waals surface area contributed by atoms with Crippen molar-refractivity contribution in [3.05, 3.63) is 95.7 Å². The van der Waals surface area contributed by atoms with E-state index in [9.17, 15) is 14.0 Å². The summed E-state index contributed by atoms with van der Waals surface area (Å²) in [7, 11) is 3.15. The molecule has 0 atom stereocenters. The molecule has 8 heteroatoms. The Morgan fingerprint density at radius 3 is 2.33 bits per heavy atom. The Kier molecular flexibility index (Phi) is 9.27. The first-order chi connectivity index (χ1) is 17.3. The first-order valence-corrected chi connectivity index (χ1v) is 11.5.